The standard InChI is InChI=1S/C19H16N6O4/c1-11-21-19(29-24-11)13-3-2-6-25-16(22-23-18(13)25)9-20-17(26)8-12-4-5-14-15(7-12)28-10-27-14/h2-7H,8-10H2,1H3,(H,20,26). The molecule has 3 aromatic heterocycles. The van der Waals surface area contributed by atoms with Crippen molar-refractivity contribution in [2.45, 2.75) is 19.9 Å². The van der Waals surface area contributed by atoms with Crippen molar-refractivity contribution in [3.05, 3.63) is 53.7 Å². The van der Waals surface area contributed by atoms with Crippen LogP contribution in [0.5, 0.6) is 11.5 Å². The van der Waals surface area contributed by atoms with E-state index in [4.69, 9.17) is 14.0 Å². The summed E-state index contributed by atoms with van der Waals surface area (Å²) in [5.41, 5.74) is 2.10. The van der Waals surface area contributed by atoms with E-state index in [1.807, 2.05) is 30.5 Å². The summed E-state index contributed by atoms with van der Waals surface area (Å²) < 4.78 is 17.6. The van der Waals surface area contributed by atoms with Crippen molar-refractivity contribution >= 4 is 11.6 Å². The van der Waals surface area contributed by atoms with Gasteiger partial charge in [-0.15, -0.1) is 10.2 Å². The topological polar surface area (TPSA) is 117 Å². The lowest BCUT2D eigenvalue weighted by Gasteiger charge is -2.06. The number of nitrogens with one attached hydrogen (secondary N) is 1. The third-order valence-corrected chi connectivity index (χ3v) is 4.51. The monoisotopic (exact) mass is 392 g/mol. The molecule has 10 nitrogen and oxygen atoms in total. The van der Waals surface area contributed by atoms with Gasteiger partial charge in [0.05, 0.1) is 18.5 Å². The van der Waals surface area contributed by atoms with Crippen LogP contribution in [0.1, 0.15) is 17.2 Å². The summed E-state index contributed by atoms with van der Waals surface area (Å²) >= 11 is 0. The number of aryl methyl sites for hydroxylation is 1. The van der Waals surface area contributed by atoms with Crippen molar-refractivity contribution in [2.75, 3.05) is 6.79 Å². The molecular formula is C19H16N6O4. The van der Waals surface area contributed by atoms with Gasteiger partial charge in [0.25, 0.3) is 5.89 Å². The highest BCUT2D eigenvalue weighted by atomic mass is 16.7. The highest BCUT2D eigenvalue weighted by Gasteiger charge is 2.17. The Balaban J connectivity index is 1.30. The van der Waals surface area contributed by atoms with Crippen molar-refractivity contribution < 1.29 is 18.8 Å². The molecule has 10 heteroatoms. The number of nitrogens with zero attached hydrogens (tertiary/aromatic N) is 5. The van der Waals surface area contributed by atoms with E-state index in [2.05, 4.69) is 25.7 Å². The molecule has 0 saturated carbocycles. The van der Waals surface area contributed by atoms with Gasteiger partial charge in [-0.2, -0.15) is 4.98 Å². The molecule has 1 aliphatic heterocycles. The molecule has 1 amide bonds. The average molecular weight is 392 g/mol. The number of benzene rings is 1. The van der Waals surface area contributed by atoms with E-state index in [0.29, 0.717) is 40.2 Å². The molecule has 29 heavy (non-hydrogen) atoms. The molecule has 1 aliphatic rings. The first-order valence-corrected chi connectivity index (χ1v) is 8.96. The van der Waals surface area contributed by atoms with Gasteiger partial charge < -0.3 is 19.3 Å². The van der Waals surface area contributed by atoms with Crippen molar-refractivity contribution in [2.24, 2.45) is 0 Å². The molecular weight excluding hydrogens is 376 g/mol. The van der Waals surface area contributed by atoms with Crippen LogP contribution in [0, 0.1) is 6.92 Å². The third kappa shape index (κ3) is 3.24. The Labute approximate surface area is 164 Å². The lowest BCUT2D eigenvalue weighted by molar-refractivity contribution is -0.120. The molecule has 0 saturated heterocycles. The Kier molecular flexibility index (Phi) is 4.08. The third-order valence-electron chi connectivity index (χ3n) is 4.51. The zero-order valence-electron chi connectivity index (χ0n) is 15.5. The Morgan fingerprint density at radius 3 is 2.97 bits per heavy atom. The number of rotatable bonds is 5. The second kappa shape index (κ2) is 6.89. The normalized spacial score (nSPS) is 12.4. The van der Waals surface area contributed by atoms with E-state index < -0.39 is 0 Å². The minimum atomic E-state index is -0.135. The Hall–Kier alpha value is -3.95. The quantitative estimate of drug-likeness (QED) is 0.545. The molecule has 0 bridgehead atoms. The summed E-state index contributed by atoms with van der Waals surface area (Å²) in [4.78, 5) is 16.6. The van der Waals surface area contributed by atoms with Crippen LogP contribution in [0.15, 0.2) is 41.1 Å². The summed E-state index contributed by atoms with van der Waals surface area (Å²) in [6.45, 7) is 2.19. The fourth-order valence-corrected chi connectivity index (χ4v) is 3.13. The van der Waals surface area contributed by atoms with Gasteiger partial charge in [-0.3, -0.25) is 9.20 Å². The molecule has 4 aromatic rings. The van der Waals surface area contributed by atoms with Gasteiger partial charge in [-0.1, -0.05) is 11.2 Å². The molecule has 4 heterocycles. The molecule has 1 N–H and O–H groups in total. The summed E-state index contributed by atoms with van der Waals surface area (Å²) in [6.07, 6.45) is 2.04. The van der Waals surface area contributed by atoms with Gasteiger partial charge in [-0.05, 0) is 36.8 Å². The first-order valence-electron chi connectivity index (χ1n) is 8.96. The van der Waals surface area contributed by atoms with Crippen LogP contribution < -0.4 is 14.8 Å². The van der Waals surface area contributed by atoms with Gasteiger partial charge in [0.15, 0.2) is 28.8 Å². The fraction of sp³-hybridized carbons (Fsp3) is 0.211. The number of hydrogen-bond acceptors (Lipinski definition) is 8. The van der Waals surface area contributed by atoms with Crippen molar-refractivity contribution in [1.29, 1.82) is 0 Å². The Morgan fingerprint density at radius 2 is 2.10 bits per heavy atom. The number of pyridine rings is 1. The van der Waals surface area contributed by atoms with Crippen LogP contribution in [-0.2, 0) is 17.8 Å². The average Bonchev–Trinajstić information content (AvgIpc) is 3.45. The molecule has 0 fully saturated rings. The van der Waals surface area contributed by atoms with Gasteiger partial charge in [0.2, 0.25) is 12.7 Å². The molecule has 0 radical (unpaired) electrons. The summed E-state index contributed by atoms with van der Waals surface area (Å²) in [6, 6.07) is 9.13. The lowest BCUT2D eigenvalue weighted by Crippen LogP contribution is -2.25. The van der Waals surface area contributed by atoms with Crippen LogP contribution in [0.3, 0.4) is 0 Å². The van der Waals surface area contributed by atoms with Gasteiger partial charge in [0, 0.05) is 6.20 Å². The number of fused-ring (bicyclic) bond motifs is 2. The molecule has 0 spiro atoms. The Bertz CT molecular complexity index is 1210. The second-order valence-corrected chi connectivity index (χ2v) is 6.52. The van der Waals surface area contributed by atoms with E-state index in [1.165, 1.54) is 0 Å². The number of amides is 1. The van der Waals surface area contributed by atoms with E-state index in [-0.39, 0.29) is 25.7 Å². The first-order chi connectivity index (χ1) is 14.2. The number of aromatic nitrogens is 5. The van der Waals surface area contributed by atoms with Gasteiger partial charge in [0.1, 0.15) is 0 Å². The molecule has 0 aliphatic carbocycles. The van der Waals surface area contributed by atoms with Crippen molar-refractivity contribution in [3.8, 4) is 23.0 Å². The zero-order chi connectivity index (χ0) is 19.8. The SMILES string of the molecule is Cc1noc(-c2cccn3c(CNC(=O)Cc4ccc5c(c4)OCO5)nnc23)n1. The van der Waals surface area contributed by atoms with Crippen LogP contribution in [0.2, 0.25) is 0 Å². The molecule has 0 unspecified atom stereocenters. The number of carbonyl (C=O) groups excluding carboxylic acids is 1. The van der Waals surface area contributed by atoms with E-state index in [0.717, 1.165) is 5.56 Å². The first kappa shape index (κ1) is 17.2. The van der Waals surface area contributed by atoms with Gasteiger partial charge >= 0.3 is 0 Å². The Morgan fingerprint density at radius 1 is 1.21 bits per heavy atom. The number of carbonyl (C=O) groups is 1. The largest absolute Gasteiger partial charge is 0.454 e. The highest BCUT2D eigenvalue weighted by Crippen LogP contribution is 2.32. The van der Waals surface area contributed by atoms with E-state index in [9.17, 15) is 4.79 Å². The number of ether oxygens (including phenoxy) is 2. The minimum absolute atomic E-state index is 0.135. The maximum absolute atomic E-state index is 12.4. The minimum Gasteiger partial charge on any atom is -0.454 e. The maximum atomic E-state index is 12.4. The summed E-state index contributed by atoms with van der Waals surface area (Å²) in [5, 5.41) is 15.1. The zero-order valence-corrected chi connectivity index (χ0v) is 15.5. The second-order valence-electron chi connectivity index (χ2n) is 6.52. The van der Waals surface area contributed by atoms with Gasteiger partial charge in [-0.25, -0.2) is 0 Å². The van der Waals surface area contributed by atoms with Crippen LogP contribution >= 0.6 is 0 Å². The van der Waals surface area contributed by atoms with E-state index >= 15 is 0 Å². The van der Waals surface area contributed by atoms with Crippen LogP contribution in [0.25, 0.3) is 17.1 Å². The number of hydrogen-bond donors (Lipinski definition) is 1. The molecule has 1 aromatic carbocycles. The smallest absolute Gasteiger partial charge is 0.261 e. The summed E-state index contributed by atoms with van der Waals surface area (Å²) in [5.74, 6) is 2.72. The summed E-state index contributed by atoms with van der Waals surface area (Å²) in [7, 11) is 0. The lowest BCUT2D eigenvalue weighted by atomic mass is 10.1. The predicted molar refractivity (Wildman–Crippen MR) is 99.1 cm³/mol. The molecule has 5 rings (SSSR count). The van der Waals surface area contributed by atoms with Crippen molar-refractivity contribution in [1.82, 2.24) is 30.1 Å². The maximum Gasteiger partial charge on any atom is 0.261 e. The van der Waals surface area contributed by atoms with Crippen LogP contribution in [0.4, 0.5) is 0 Å². The predicted octanol–water partition coefficient (Wildman–Crippen LogP) is 1.68. The van der Waals surface area contributed by atoms with Crippen LogP contribution in [-0.4, -0.2) is 37.4 Å². The van der Waals surface area contributed by atoms with E-state index in [1.54, 1.807) is 17.4 Å². The highest BCUT2D eigenvalue weighted by molar-refractivity contribution is 5.79. The molecule has 146 valence electrons. The molecule has 0 atom stereocenters. The van der Waals surface area contributed by atoms with Crippen molar-refractivity contribution in [3.63, 3.8) is 0 Å². The fourth-order valence-electron chi connectivity index (χ4n) is 3.13.